The van der Waals surface area contributed by atoms with Crippen LogP contribution in [0.2, 0.25) is 0 Å². The molecule has 29 heavy (non-hydrogen) atoms. The number of anilines is 2. The molecule has 1 N–H and O–H groups in total. The van der Waals surface area contributed by atoms with E-state index in [-0.39, 0.29) is 18.1 Å². The first-order valence-electron chi connectivity index (χ1n) is 9.56. The molecular formula is C20H23N7O2. The normalized spacial score (nSPS) is 16.3. The number of aromatic nitrogens is 5. The summed E-state index contributed by atoms with van der Waals surface area (Å²) in [5, 5.41) is 11.5. The van der Waals surface area contributed by atoms with Crippen molar-refractivity contribution in [1.29, 1.82) is 0 Å². The molecule has 1 unspecified atom stereocenters. The second-order valence-electron chi connectivity index (χ2n) is 7.24. The summed E-state index contributed by atoms with van der Waals surface area (Å²) in [5.41, 5.74) is 1.93. The quantitative estimate of drug-likeness (QED) is 0.659. The number of nitrogens with zero attached hydrogens (tertiary/aromatic N) is 6. The summed E-state index contributed by atoms with van der Waals surface area (Å²) in [7, 11) is 0. The standard InChI is InChI=1S/C20H23N7O2/c1-14(2)17-13-29-20(28)27(17)18-8-9-21-19(23-18)22-10-16-12-26(25-24-16)11-15-6-4-3-5-7-15/h3-9,12,14,17H,10-11,13H2,1-2H3,(H,21,22,23). The van der Waals surface area contributed by atoms with Crippen molar-refractivity contribution < 1.29 is 9.53 Å². The van der Waals surface area contributed by atoms with Crippen LogP contribution < -0.4 is 10.2 Å². The summed E-state index contributed by atoms with van der Waals surface area (Å²) >= 11 is 0. The van der Waals surface area contributed by atoms with E-state index in [1.54, 1.807) is 21.8 Å². The van der Waals surface area contributed by atoms with E-state index in [0.29, 0.717) is 31.5 Å². The Balaban J connectivity index is 1.41. The fraction of sp³-hybridized carbons (Fsp3) is 0.350. The molecule has 0 radical (unpaired) electrons. The lowest BCUT2D eigenvalue weighted by atomic mass is 10.0. The molecule has 9 nitrogen and oxygen atoms in total. The lowest BCUT2D eigenvalue weighted by molar-refractivity contribution is 0.177. The van der Waals surface area contributed by atoms with Gasteiger partial charge in [0.1, 0.15) is 18.1 Å². The Labute approximate surface area is 168 Å². The van der Waals surface area contributed by atoms with Crippen LogP contribution in [0.1, 0.15) is 25.1 Å². The molecule has 2 aromatic heterocycles. The molecule has 9 heteroatoms. The van der Waals surface area contributed by atoms with Crippen molar-refractivity contribution in [3.63, 3.8) is 0 Å². The van der Waals surface area contributed by atoms with Crippen molar-refractivity contribution >= 4 is 17.9 Å². The number of amides is 1. The van der Waals surface area contributed by atoms with E-state index in [1.165, 1.54) is 0 Å². The first-order valence-corrected chi connectivity index (χ1v) is 9.56. The summed E-state index contributed by atoms with van der Waals surface area (Å²) in [6.07, 6.45) is 3.13. The summed E-state index contributed by atoms with van der Waals surface area (Å²) in [4.78, 5) is 22.4. The molecule has 1 aliphatic heterocycles. The Kier molecular flexibility index (Phi) is 5.37. The largest absolute Gasteiger partial charge is 0.447 e. The highest BCUT2D eigenvalue weighted by atomic mass is 16.6. The zero-order valence-corrected chi connectivity index (χ0v) is 16.4. The third-order valence-electron chi connectivity index (χ3n) is 4.76. The van der Waals surface area contributed by atoms with E-state index >= 15 is 0 Å². The highest BCUT2D eigenvalue weighted by molar-refractivity contribution is 5.89. The van der Waals surface area contributed by atoms with E-state index in [2.05, 4.69) is 39.4 Å². The maximum Gasteiger partial charge on any atom is 0.415 e. The molecule has 0 aliphatic carbocycles. The molecular weight excluding hydrogens is 370 g/mol. The minimum Gasteiger partial charge on any atom is -0.447 e. The molecule has 1 amide bonds. The number of hydrogen-bond donors (Lipinski definition) is 1. The van der Waals surface area contributed by atoms with Gasteiger partial charge in [-0.3, -0.25) is 4.90 Å². The summed E-state index contributed by atoms with van der Waals surface area (Å²) in [6, 6.07) is 11.8. The Morgan fingerprint density at radius 2 is 2.07 bits per heavy atom. The average Bonchev–Trinajstić information content (AvgIpc) is 3.34. The van der Waals surface area contributed by atoms with Gasteiger partial charge in [0.05, 0.1) is 25.3 Å². The van der Waals surface area contributed by atoms with Crippen LogP contribution in [0.15, 0.2) is 48.8 Å². The number of benzene rings is 1. The van der Waals surface area contributed by atoms with E-state index in [1.807, 2.05) is 36.5 Å². The molecule has 0 bridgehead atoms. The SMILES string of the molecule is CC(C)C1COC(=O)N1c1ccnc(NCc2cn(Cc3ccccc3)nn2)n1. The maximum absolute atomic E-state index is 12.1. The van der Waals surface area contributed by atoms with Gasteiger partial charge in [0.15, 0.2) is 0 Å². The lowest BCUT2D eigenvalue weighted by Crippen LogP contribution is -2.37. The second-order valence-corrected chi connectivity index (χ2v) is 7.24. The molecule has 1 saturated heterocycles. The van der Waals surface area contributed by atoms with Crippen molar-refractivity contribution in [2.24, 2.45) is 5.92 Å². The van der Waals surface area contributed by atoms with Gasteiger partial charge in [0.25, 0.3) is 0 Å². The predicted molar refractivity (Wildman–Crippen MR) is 107 cm³/mol. The van der Waals surface area contributed by atoms with Gasteiger partial charge in [-0.05, 0) is 17.5 Å². The minimum atomic E-state index is -0.378. The van der Waals surface area contributed by atoms with Crippen LogP contribution in [0.25, 0.3) is 0 Å². The molecule has 0 saturated carbocycles. The molecule has 4 rings (SSSR count). The second kappa shape index (κ2) is 8.26. The van der Waals surface area contributed by atoms with Gasteiger partial charge in [0, 0.05) is 6.20 Å². The third kappa shape index (κ3) is 4.34. The Morgan fingerprint density at radius 3 is 2.86 bits per heavy atom. The molecule has 3 aromatic rings. The van der Waals surface area contributed by atoms with E-state index in [0.717, 1.165) is 11.3 Å². The Bertz CT molecular complexity index is 974. The Morgan fingerprint density at radius 1 is 1.24 bits per heavy atom. The minimum absolute atomic E-state index is 0.0388. The molecule has 1 aromatic carbocycles. The number of cyclic esters (lactones) is 1. The fourth-order valence-corrected chi connectivity index (χ4v) is 3.20. The predicted octanol–water partition coefficient (Wildman–Crippen LogP) is 2.71. The molecule has 3 heterocycles. The van der Waals surface area contributed by atoms with Crippen molar-refractivity contribution in [3.05, 3.63) is 60.0 Å². The number of carbonyl (C=O) groups excluding carboxylic acids is 1. The molecule has 150 valence electrons. The fourth-order valence-electron chi connectivity index (χ4n) is 3.20. The molecule has 1 atom stereocenters. The summed E-state index contributed by atoms with van der Waals surface area (Å²) in [6.45, 7) is 5.56. The van der Waals surface area contributed by atoms with Crippen molar-refractivity contribution in [3.8, 4) is 0 Å². The van der Waals surface area contributed by atoms with Gasteiger partial charge in [-0.15, -0.1) is 5.10 Å². The van der Waals surface area contributed by atoms with Crippen LogP contribution in [-0.4, -0.2) is 43.7 Å². The van der Waals surface area contributed by atoms with Crippen molar-refractivity contribution in [2.75, 3.05) is 16.8 Å². The lowest BCUT2D eigenvalue weighted by Gasteiger charge is -2.23. The molecule has 1 aliphatic rings. The van der Waals surface area contributed by atoms with Crippen molar-refractivity contribution in [1.82, 2.24) is 25.0 Å². The smallest absolute Gasteiger partial charge is 0.415 e. The van der Waals surface area contributed by atoms with Gasteiger partial charge in [0.2, 0.25) is 5.95 Å². The highest BCUT2D eigenvalue weighted by Gasteiger charge is 2.37. The molecule has 0 spiro atoms. The number of carbonyl (C=O) groups is 1. The topological polar surface area (TPSA) is 98.1 Å². The van der Waals surface area contributed by atoms with Gasteiger partial charge in [-0.1, -0.05) is 49.4 Å². The van der Waals surface area contributed by atoms with Crippen LogP contribution >= 0.6 is 0 Å². The Hall–Kier alpha value is -3.49. The monoisotopic (exact) mass is 393 g/mol. The number of nitrogens with one attached hydrogen (secondary N) is 1. The molecule has 1 fully saturated rings. The van der Waals surface area contributed by atoms with Crippen LogP contribution in [-0.2, 0) is 17.8 Å². The number of hydrogen-bond acceptors (Lipinski definition) is 7. The van der Waals surface area contributed by atoms with Crippen LogP contribution in [0.4, 0.5) is 16.6 Å². The van der Waals surface area contributed by atoms with Gasteiger partial charge in [-0.2, -0.15) is 4.98 Å². The van der Waals surface area contributed by atoms with E-state index in [9.17, 15) is 4.79 Å². The third-order valence-corrected chi connectivity index (χ3v) is 4.76. The zero-order chi connectivity index (χ0) is 20.2. The average molecular weight is 393 g/mol. The highest BCUT2D eigenvalue weighted by Crippen LogP contribution is 2.25. The zero-order valence-electron chi connectivity index (χ0n) is 16.4. The maximum atomic E-state index is 12.1. The summed E-state index contributed by atoms with van der Waals surface area (Å²) < 4.78 is 6.99. The van der Waals surface area contributed by atoms with Crippen molar-refractivity contribution in [2.45, 2.75) is 33.0 Å². The van der Waals surface area contributed by atoms with Gasteiger partial charge >= 0.3 is 6.09 Å². The number of ether oxygens (including phenoxy) is 1. The van der Waals surface area contributed by atoms with Crippen LogP contribution in [0.3, 0.4) is 0 Å². The number of rotatable bonds is 7. The first kappa shape index (κ1) is 18.9. The van der Waals surface area contributed by atoms with Gasteiger partial charge in [-0.25, -0.2) is 14.5 Å². The van der Waals surface area contributed by atoms with E-state index < -0.39 is 0 Å². The van der Waals surface area contributed by atoms with Gasteiger partial charge < -0.3 is 10.1 Å². The first-order chi connectivity index (χ1) is 14.1. The van der Waals surface area contributed by atoms with E-state index in [4.69, 9.17) is 4.74 Å². The summed E-state index contributed by atoms with van der Waals surface area (Å²) in [5.74, 6) is 1.20. The van der Waals surface area contributed by atoms with Crippen LogP contribution in [0, 0.1) is 5.92 Å². The van der Waals surface area contributed by atoms with Crippen LogP contribution in [0.5, 0.6) is 0 Å².